The lowest BCUT2D eigenvalue weighted by Gasteiger charge is -2.03. The molecule has 0 N–H and O–H groups in total. The lowest BCUT2D eigenvalue weighted by Crippen LogP contribution is -2.03. The highest BCUT2D eigenvalue weighted by molar-refractivity contribution is 9.10. The number of aryl methyl sites for hydroxylation is 1. The molecule has 1 aromatic carbocycles. The fourth-order valence-electron chi connectivity index (χ4n) is 1.52. The molecule has 0 unspecified atom stereocenters. The van der Waals surface area contributed by atoms with Crippen LogP contribution in [0.15, 0.2) is 33.2 Å². The van der Waals surface area contributed by atoms with E-state index in [1.807, 2.05) is 6.92 Å². The van der Waals surface area contributed by atoms with Crippen LogP contribution in [-0.2, 0) is 6.42 Å². The molecule has 94 valence electrons. The van der Waals surface area contributed by atoms with E-state index in [9.17, 15) is 9.18 Å². The van der Waals surface area contributed by atoms with E-state index in [-0.39, 0.29) is 16.3 Å². The number of benzene rings is 1. The lowest BCUT2D eigenvalue weighted by molar-refractivity contribution is 0.100. The van der Waals surface area contributed by atoms with Crippen LogP contribution in [0.25, 0.3) is 0 Å². The van der Waals surface area contributed by atoms with Crippen LogP contribution in [0.3, 0.4) is 0 Å². The van der Waals surface area contributed by atoms with Crippen molar-refractivity contribution in [3.63, 3.8) is 0 Å². The van der Waals surface area contributed by atoms with Gasteiger partial charge in [-0.2, -0.15) is 0 Å². The summed E-state index contributed by atoms with van der Waals surface area (Å²) in [5, 5.41) is 0.280. The number of hydrogen-bond donors (Lipinski definition) is 0. The molecule has 0 aliphatic heterocycles. The average Bonchev–Trinajstić information content (AvgIpc) is 2.81. The second-order valence-corrected chi connectivity index (χ2v) is 4.96. The van der Waals surface area contributed by atoms with Gasteiger partial charge in [0.15, 0.2) is 5.76 Å². The third kappa shape index (κ3) is 2.49. The molecule has 2 aromatic rings. The molecule has 0 aliphatic rings. The van der Waals surface area contributed by atoms with E-state index in [1.165, 1.54) is 18.2 Å². The van der Waals surface area contributed by atoms with Crippen LogP contribution in [0.4, 0.5) is 4.39 Å². The van der Waals surface area contributed by atoms with Gasteiger partial charge in [0.2, 0.25) is 5.78 Å². The van der Waals surface area contributed by atoms with Gasteiger partial charge < -0.3 is 4.42 Å². The van der Waals surface area contributed by atoms with E-state index < -0.39 is 11.6 Å². The van der Waals surface area contributed by atoms with Crippen LogP contribution in [-0.4, -0.2) is 5.78 Å². The second-order valence-electron chi connectivity index (χ2n) is 3.69. The van der Waals surface area contributed by atoms with Gasteiger partial charge in [0.25, 0.3) is 0 Å². The highest BCUT2D eigenvalue weighted by Crippen LogP contribution is 2.27. The first-order valence-corrected chi connectivity index (χ1v) is 6.48. The number of carbonyl (C=O) groups excluding carboxylic acids is 1. The standard InChI is InChI=1S/C13H9BrClFO2/c1-2-7-3-4-12(18-7)13(17)8-5-10(15)9(14)6-11(8)16/h3-6H,2H2,1H3. The summed E-state index contributed by atoms with van der Waals surface area (Å²) in [6, 6.07) is 5.69. The van der Waals surface area contributed by atoms with Gasteiger partial charge in [-0.25, -0.2) is 4.39 Å². The van der Waals surface area contributed by atoms with Crippen LogP contribution in [0.1, 0.15) is 28.8 Å². The molecule has 1 aromatic heterocycles. The molecule has 18 heavy (non-hydrogen) atoms. The van der Waals surface area contributed by atoms with E-state index in [4.69, 9.17) is 16.0 Å². The van der Waals surface area contributed by atoms with E-state index in [2.05, 4.69) is 15.9 Å². The Labute approximate surface area is 117 Å². The van der Waals surface area contributed by atoms with Gasteiger partial charge in [0.1, 0.15) is 11.6 Å². The lowest BCUT2D eigenvalue weighted by atomic mass is 10.1. The number of hydrogen-bond acceptors (Lipinski definition) is 2. The Hall–Kier alpha value is -1.13. The zero-order valence-electron chi connectivity index (χ0n) is 9.47. The Kier molecular flexibility index (Phi) is 3.88. The van der Waals surface area contributed by atoms with Gasteiger partial charge in [-0.05, 0) is 40.2 Å². The molecule has 2 nitrogen and oxygen atoms in total. The first kappa shape index (κ1) is 13.3. The average molecular weight is 332 g/mol. The molecule has 0 fully saturated rings. The molecule has 0 aliphatic carbocycles. The van der Waals surface area contributed by atoms with Gasteiger partial charge in [-0.1, -0.05) is 18.5 Å². The number of furan rings is 1. The number of carbonyl (C=O) groups is 1. The van der Waals surface area contributed by atoms with Gasteiger partial charge in [-0.3, -0.25) is 4.79 Å². The summed E-state index contributed by atoms with van der Waals surface area (Å²) in [4.78, 5) is 12.1. The largest absolute Gasteiger partial charge is 0.458 e. The molecule has 0 amide bonds. The van der Waals surface area contributed by atoms with Crippen molar-refractivity contribution in [3.8, 4) is 0 Å². The first-order valence-electron chi connectivity index (χ1n) is 5.31. The Morgan fingerprint density at radius 1 is 1.44 bits per heavy atom. The van der Waals surface area contributed by atoms with Crippen LogP contribution < -0.4 is 0 Å². The Morgan fingerprint density at radius 3 is 2.78 bits per heavy atom. The summed E-state index contributed by atoms with van der Waals surface area (Å²) < 4.78 is 19.4. The number of ketones is 1. The molecule has 1 heterocycles. The topological polar surface area (TPSA) is 30.2 Å². The van der Waals surface area contributed by atoms with Crippen LogP contribution >= 0.6 is 27.5 Å². The molecule has 5 heteroatoms. The fraction of sp³-hybridized carbons (Fsp3) is 0.154. The van der Waals surface area contributed by atoms with Crippen molar-refractivity contribution in [2.24, 2.45) is 0 Å². The predicted octanol–water partition coefficient (Wildman–Crippen LogP) is 4.63. The first-order chi connectivity index (χ1) is 8.52. The summed E-state index contributed by atoms with van der Waals surface area (Å²) in [7, 11) is 0. The molecular weight excluding hydrogens is 322 g/mol. The smallest absolute Gasteiger partial charge is 0.231 e. The summed E-state index contributed by atoms with van der Waals surface area (Å²) in [5.41, 5.74) is -0.0970. The highest BCUT2D eigenvalue weighted by atomic mass is 79.9. The van der Waals surface area contributed by atoms with Crippen molar-refractivity contribution >= 4 is 33.3 Å². The maximum Gasteiger partial charge on any atom is 0.231 e. The Balaban J connectivity index is 2.42. The van der Waals surface area contributed by atoms with E-state index >= 15 is 0 Å². The summed E-state index contributed by atoms with van der Waals surface area (Å²) >= 11 is 8.95. The summed E-state index contributed by atoms with van der Waals surface area (Å²) in [6.45, 7) is 1.91. The summed E-state index contributed by atoms with van der Waals surface area (Å²) in [6.07, 6.45) is 0.677. The zero-order chi connectivity index (χ0) is 13.3. The minimum absolute atomic E-state index is 0.0970. The van der Waals surface area contributed by atoms with E-state index in [1.54, 1.807) is 6.07 Å². The van der Waals surface area contributed by atoms with Crippen molar-refractivity contribution in [1.82, 2.24) is 0 Å². The minimum Gasteiger partial charge on any atom is -0.458 e. The number of rotatable bonds is 3. The minimum atomic E-state index is -0.634. The van der Waals surface area contributed by atoms with Crippen molar-refractivity contribution in [1.29, 1.82) is 0 Å². The van der Waals surface area contributed by atoms with Crippen molar-refractivity contribution in [2.45, 2.75) is 13.3 Å². The quantitative estimate of drug-likeness (QED) is 0.606. The molecular formula is C13H9BrClFO2. The molecule has 0 atom stereocenters. The molecule has 2 rings (SSSR count). The Bertz CT molecular complexity index is 607. The van der Waals surface area contributed by atoms with E-state index in [0.717, 1.165) is 0 Å². The van der Waals surface area contributed by atoms with Gasteiger partial charge in [-0.15, -0.1) is 0 Å². The third-order valence-electron chi connectivity index (χ3n) is 2.49. The molecule has 0 spiro atoms. The van der Waals surface area contributed by atoms with Crippen LogP contribution in [0, 0.1) is 5.82 Å². The van der Waals surface area contributed by atoms with Gasteiger partial charge >= 0.3 is 0 Å². The zero-order valence-corrected chi connectivity index (χ0v) is 11.8. The highest BCUT2D eigenvalue weighted by Gasteiger charge is 2.19. The maximum absolute atomic E-state index is 13.7. The van der Waals surface area contributed by atoms with Gasteiger partial charge in [0, 0.05) is 10.9 Å². The fourth-order valence-corrected chi connectivity index (χ4v) is 2.00. The molecule has 0 radical (unpaired) electrons. The van der Waals surface area contributed by atoms with Crippen molar-refractivity contribution in [3.05, 3.63) is 56.7 Å². The maximum atomic E-state index is 13.7. The molecule has 0 bridgehead atoms. The Morgan fingerprint density at radius 2 is 2.17 bits per heavy atom. The normalized spacial score (nSPS) is 10.7. The third-order valence-corrected chi connectivity index (χ3v) is 3.69. The van der Waals surface area contributed by atoms with Crippen LogP contribution in [0.2, 0.25) is 5.02 Å². The summed E-state index contributed by atoms with van der Waals surface area (Å²) in [5.74, 6) is -0.349. The molecule has 0 saturated heterocycles. The van der Waals surface area contributed by atoms with Crippen LogP contribution in [0.5, 0.6) is 0 Å². The van der Waals surface area contributed by atoms with Gasteiger partial charge in [0.05, 0.1) is 10.6 Å². The predicted molar refractivity (Wildman–Crippen MR) is 70.6 cm³/mol. The second kappa shape index (κ2) is 5.24. The molecule has 0 saturated carbocycles. The number of halogens is 3. The van der Waals surface area contributed by atoms with Crippen molar-refractivity contribution in [2.75, 3.05) is 0 Å². The monoisotopic (exact) mass is 330 g/mol. The SMILES string of the molecule is CCc1ccc(C(=O)c2cc(Cl)c(Br)cc2F)o1. The van der Waals surface area contributed by atoms with Crippen molar-refractivity contribution < 1.29 is 13.6 Å². The van der Waals surface area contributed by atoms with E-state index in [0.29, 0.717) is 16.7 Å².